The molecule has 0 saturated heterocycles. The van der Waals surface area contributed by atoms with Crippen LogP contribution in [0.3, 0.4) is 0 Å². The Morgan fingerprint density at radius 2 is 2.27 bits per heavy atom. The molecule has 0 amide bonds. The molecule has 3 heteroatoms. The number of nitrogens with one attached hydrogen (secondary N) is 1. The van der Waals surface area contributed by atoms with Gasteiger partial charge in [0.05, 0.1) is 5.02 Å². The lowest BCUT2D eigenvalue weighted by molar-refractivity contribution is 1.10. The van der Waals surface area contributed by atoms with E-state index in [2.05, 4.69) is 34.0 Å². The first-order valence-corrected chi connectivity index (χ1v) is 4.95. The van der Waals surface area contributed by atoms with Crippen LogP contribution in [0, 0.1) is 3.57 Å². The van der Waals surface area contributed by atoms with E-state index in [4.69, 9.17) is 11.6 Å². The number of fused-ring (bicyclic) bond motifs is 1. The quantitative estimate of drug-likeness (QED) is 0.720. The Kier molecular flexibility index (Phi) is 1.97. The lowest BCUT2D eigenvalue weighted by Gasteiger charge is -2.01. The largest absolute Gasteiger partial charge is 0.384 e. The van der Waals surface area contributed by atoms with E-state index in [9.17, 15) is 0 Å². The minimum absolute atomic E-state index is 0.846. The molecule has 58 valence electrons. The molecular weight excluding hydrogens is 272 g/mol. The summed E-state index contributed by atoms with van der Waals surface area (Å²) in [7, 11) is 0. The topological polar surface area (TPSA) is 12.0 Å². The van der Waals surface area contributed by atoms with Gasteiger partial charge >= 0.3 is 0 Å². The molecular formula is C8H7ClIN. The lowest BCUT2D eigenvalue weighted by Crippen LogP contribution is -1.90. The van der Waals surface area contributed by atoms with Crippen molar-refractivity contribution in [2.24, 2.45) is 0 Å². The van der Waals surface area contributed by atoms with Crippen LogP contribution in [0.5, 0.6) is 0 Å². The van der Waals surface area contributed by atoms with Crippen LogP contribution >= 0.6 is 34.2 Å². The highest BCUT2D eigenvalue weighted by Crippen LogP contribution is 2.29. The number of hydrogen-bond donors (Lipinski definition) is 1. The molecule has 1 N–H and O–H groups in total. The predicted molar refractivity (Wildman–Crippen MR) is 56.4 cm³/mol. The van der Waals surface area contributed by atoms with Crippen LogP contribution < -0.4 is 5.32 Å². The Balaban J connectivity index is 2.57. The average Bonchev–Trinajstić information content (AvgIpc) is 2.36. The van der Waals surface area contributed by atoms with Crippen LogP contribution in [0.15, 0.2) is 12.1 Å². The van der Waals surface area contributed by atoms with Crippen LogP contribution in [0.25, 0.3) is 0 Å². The zero-order valence-electron chi connectivity index (χ0n) is 5.82. The van der Waals surface area contributed by atoms with Crippen LogP contribution in [0.2, 0.25) is 5.02 Å². The van der Waals surface area contributed by atoms with Gasteiger partial charge in [0, 0.05) is 15.8 Å². The zero-order chi connectivity index (χ0) is 7.84. The summed E-state index contributed by atoms with van der Waals surface area (Å²) in [5.41, 5.74) is 2.59. The number of anilines is 1. The summed E-state index contributed by atoms with van der Waals surface area (Å²) in [6, 6.07) is 4.16. The Hall–Kier alpha value is 0.0400. The second-order valence-corrected chi connectivity index (χ2v) is 4.17. The summed E-state index contributed by atoms with van der Waals surface area (Å²) in [5.74, 6) is 0. The van der Waals surface area contributed by atoms with Crippen LogP contribution in [0.1, 0.15) is 5.56 Å². The minimum atomic E-state index is 0.846. The molecule has 1 nitrogen and oxygen atoms in total. The third kappa shape index (κ3) is 1.34. The van der Waals surface area contributed by atoms with Gasteiger partial charge in [-0.2, -0.15) is 0 Å². The highest BCUT2D eigenvalue weighted by molar-refractivity contribution is 14.1. The van der Waals surface area contributed by atoms with Gasteiger partial charge in [-0.3, -0.25) is 0 Å². The fraction of sp³-hybridized carbons (Fsp3) is 0.250. The molecule has 0 aromatic heterocycles. The van der Waals surface area contributed by atoms with Gasteiger partial charge in [-0.05, 0) is 46.7 Å². The molecule has 1 aromatic rings. The van der Waals surface area contributed by atoms with Crippen molar-refractivity contribution in [3.8, 4) is 0 Å². The first kappa shape index (κ1) is 7.68. The second-order valence-electron chi connectivity index (χ2n) is 2.60. The molecule has 0 aliphatic carbocycles. The van der Waals surface area contributed by atoms with Gasteiger partial charge in [-0.15, -0.1) is 0 Å². The van der Waals surface area contributed by atoms with Gasteiger partial charge in [0.2, 0.25) is 0 Å². The summed E-state index contributed by atoms with van der Waals surface area (Å²) in [6.45, 7) is 1.05. The maximum atomic E-state index is 5.94. The van der Waals surface area contributed by atoms with Gasteiger partial charge in [-0.1, -0.05) is 11.6 Å². The molecule has 1 aliphatic heterocycles. The molecule has 0 radical (unpaired) electrons. The fourth-order valence-corrected chi connectivity index (χ4v) is 1.99. The molecule has 1 heterocycles. The number of rotatable bonds is 0. The molecule has 0 unspecified atom stereocenters. The molecule has 2 rings (SSSR count). The maximum absolute atomic E-state index is 5.94. The van der Waals surface area contributed by atoms with Crippen molar-refractivity contribution >= 4 is 39.9 Å². The van der Waals surface area contributed by atoms with Crippen molar-refractivity contribution in [1.29, 1.82) is 0 Å². The van der Waals surface area contributed by atoms with Crippen LogP contribution in [-0.2, 0) is 6.42 Å². The molecule has 11 heavy (non-hydrogen) atoms. The number of hydrogen-bond acceptors (Lipinski definition) is 1. The van der Waals surface area contributed by atoms with E-state index in [0.29, 0.717) is 0 Å². The SMILES string of the molecule is Clc1cc2c(cc1I)CCN2. The van der Waals surface area contributed by atoms with Crippen molar-refractivity contribution in [3.05, 3.63) is 26.3 Å². The molecule has 0 bridgehead atoms. The molecule has 0 atom stereocenters. The van der Waals surface area contributed by atoms with E-state index in [1.165, 1.54) is 11.3 Å². The minimum Gasteiger partial charge on any atom is -0.384 e. The maximum Gasteiger partial charge on any atom is 0.0560 e. The summed E-state index contributed by atoms with van der Waals surface area (Å²) in [6.07, 6.45) is 1.13. The molecule has 1 aliphatic rings. The smallest absolute Gasteiger partial charge is 0.0560 e. The highest BCUT2D eigenvalue weighted by atomic mass is 127. The third-order valence-electron chi connectivity index (χ3n) is 1.86. The fourth-order valence-electron chi connectivity index (χ4n) is 1.29. The van der Waals surface area contributed by atoms with E-state index >= 15 is 0 Å². The Labute approximate surface area is 84.3 Å². The van der Waals surface area contributed by atoms with Gasteiger partial charge < -0.3 is 5.32 Å². The third-order valence-corrected chi connectivity index (χ3v) is 3.38. The number of halogens is 2. The highest BCUT2D eigenvalue weighted by Gasteiger charge is 2.11. The first-order valence-electron chi connectivity index (χ1n) is 3.49. The normalized spacial score (nSPS) is 14.4. The monoisotopic (exact) mass is 279 g/mol. The first-order chi connectivity index (χ1) is 5.27. The summed E-state index contributed by atoms with van der Waals surface area (Å²) < 4.78 is 1.15. The molecule has 0 saturated carbocycles. The van der Waals surface area contributed by atoms with Crippen molar-refractivity contribution < 1.29 is 0 Å². The van der Waals surface area contributed by atoms with Crippen molar-refractivity contribution in [1.82, 2.24) is 0 Å². The zero-order valence-corrected chi connectivity index (χ0v) is 8.74. The molecule has 0 fully saturated rings. The van der Waals surface area contributed by atoms with Crippen molar-refractivity contribution in [2.45, 2.75) is 6.42 Å². The average molecular weight is 280 g/mol. The van der Waals surface area contributed by atoms with E-state index in [0.717, 1.165) is 21.6 Å². The Morgan fingerprint density at radius 3 is 3.09 bits per heavy atom. The van der Waals surface area contributed by atoms with Gasteiger partial charge in [-0.25, -0.2) is 0 Å². The van der Waals surface area contributed by atoms with E-state index < -0.39 is 0 Å². The summed E-state index contributed by atoms with van der Waals surface area (Å²) >= 11 is 8.20. The Morgan fingerprint density at radius 1 is 1.45 bits per heavy atom. The second kappa shape index (κ2) is 2.83. The summed E-state index contributed by atoms with van der Waals surface area (Å²) in [5, 5.41) is 4.13. The van der Waals surface area contributed by atoms with Crippen LogP contribution in [0.4, 0.5) is 5.69 Å². The lowest BCUT2D eigenvalue weighted by atomic mass is 10.2. The Bertz CT molecular complexity index is 269. The standard InChI is InChI=1S/C8H7ClIN/c9-6-4-8-5(1-2-11-8)3-7(6)10/h3-4,11H,1-2H2. The number of benzene rings is 1. The van der Waals surface area contributed by atoms with Crippen molar-refractivity contribution in [2.75, 3.05) is 11.9 Å². The van der Waals surface area contributed by atoms with E-state index in [-0.39, 0.29) is 0 Å². The van der Waals surface area contributed by atoms with E-state index in [1.807, 2.05) is 6.07 Å². The molecule has 1 aromatic carbocycles. The van der Waals surface area contributed by atoms with Gasteiger partial charge in [0.15, 0.2) is 0 Å². The predicted octanol–water partition coefficient (Wildman–Crippen LogP) is 2.91. The van der Waals surface area contributed by atoms with Gasteiger partial charge in [0.1, 0.15) is 0 Å². The summed E-state index contributed by atoms with van der Waals surface area (Å²) in [4.78, 5) is 0. The van der Waals surface area contributed by atoms with Crippen molar-refractivity contribution in [3.63, 3.8) is 0 Å². The van der Waals surface area contributed by atoms with E-state index in [1.54, 1.807) is 0 Å². The van der Waals surface area contributed by atoms with Gasteiger partial charge in [0.25, 0.3) is 0 Å². The van der Waals surface area contributed by atoms with Crippen LogP contribution in [-0.4, -0.2) is 6.54 Å². The molecule has 0 spiro atoms.